The molecule has 0 rings (SSSR count). The summed E-state index contributed by atoms with van der Waals surface area (Å²) in [6.07, 6.45) is 0.583. The van der Waals surface area contributed by atoms with Crippen LogP contribution in [0.1, 0.15) is 27.7 Å². The molecule has 0 aromatic carbocycles. The Morgan fingerprint density at radius 2 is 1.87 bits per heavy atom. The van der Waals surface area contributed by atoms with Crippen LogP contribution in [0.2, 0.25) is 0 Å². The highest BCUT2D eigenvalue weighted by atomic mass is 16.2. The zero-order valence-electron chi connectivity index (χ0n) is 9.59. The highest BCUT2D eigenvalue weighted by Gasteiger charge is 2.29. The van der Waals surface area contributed by atoms with E-state index >= 15 is 0 Å². The number of ketones is 1. The second kappa shape index (κ2) is 5.48. The average molecular weight is 214 g/mol. The van der Waals surface area contributed by atoms with Crippen molar-refractivity contribution in [1.29, 1.82) is 0 Å². The van der Waals surface area contributed by atoms with Gasteiger partial charge in [0.05, 0.1) is 12.6 Å². The summed E-state index contributed by atoms with van der Waals surface area (Å²) in [5, 5.41) is 4.85. The number of rotatable bonds is 4. The maximum absolute atomic E-state index is 11.3. The van der Waals surface area contributed by atoms with Crippen molar-refractivity contribution in [3.63, 3.8) is 0 Å². The van der Waals surface area contributed by atoms with Crippen LogP contribution in [0, 0.1) is 5.41 Å². The van der Waals surface area contributed by atoms with E-state index in [0.717, 1.165) is 0 Å². The van der Waals surface area contributed by atoms with Gasteiger partial charge in [-0.2, -0.15) is 0 Å². The van der Waals surface area contributed by atoms with Crippen LogP contribution in [-0.4, -0.2) is 30.7 Å². The number of nitrogens with one attached hydrogen (secondary N) is 2. The predicted molar refractivity (Wildman–Crippen MR) is 56.5 cm³/mol. The minimum atomic E-state index is -0.552. The Hall–Kier alpha value is -1.39. The van der Waals surface area contributed by atoms with Gasteiger partial charge in [0.1, 0.15) is 6.29 Å². The van der Waals surface area contributed by atoms with E-state index < -0.39 is 12.1 Å². The van der Waals surface area contributed by atoms with E-state index in [1.807, 2.05) is 20.8 Å². The van der Waals surface area contributed by atoms with Gasteiger partial charge in [0.25, 0.3) is 0 Å². The van der Waals surface area contributed by atoms with Crippen LogP contribution in [0.15, 0.2) is 0 Å². The van der Waals surface area contributed by atoms with Crippen molar-refractivity contribution in [3.8, 4) is 0 Å². The van der Waals surface area contributed by atoms with Gasteiger partial charge in [-0.25, -0.2) is 4.79 Å². The van der Waals surface area contributed by atoms with Crippen LogP contribution >= 0.6 is 0 Å². The highest BCUT2D eigenvalue weighted by molar-refractivity contribution is 5.87. The van der Waals surface area contributed by atoms with E-state index in [-0.39, 0.29) is 17.7 Å². The molecule has 0 fully saturated rings. The number of Topliss-reactive ketones (excluding diaryl/α,β-unsaturated/α-hetero) is 1. The summed E-state index contributed by atoms with van der Waals surface area (Å²) in [7, 11) is 0. The summed E-state index contributed by atoms with van der Waals surface area (Å²) in [5.74, 6) is -0.108. The van der Waals surface area contributed by atoms with Crippen molar-refractivity contribution >= 4 is 18.1 Å². The quantitative estimate of drug-likeness (QED) is 0.669. The highest BCUT2D eigenvalue weighted by Crippen LogP contribution is 2.19. The van der Waals surface area contributed by atoms with Crippen molar-refractivity contribution in [2.24, 2.45) is 5.41 Å². The minimum Gasteiger partial charge on any atom is -0.331 e. The zero-order valence-corrected chi connectivity index (χ0v) is 9.59. The molecule has 0 bridgehead atoms. The van der Waals surface area contributed by atoms with E-state index in [2.05, 4.69) is 10.6 Å². The Morgan fingerprint density at radius 1 is 1.33 bits per heavy atom. The number of urea groups is 1. The second-order valence-corrected chi connectivity index (χ2v) is 4.43. The van der Waals surface area contributed by atoms with Gasteiger partial charge in [0, 0.05) is 0 Å². The van der Waals surface area contributed by atoms with Gasteiger partial charge in [-0.05, 0) is 12.3 Å². The van der Waals surface area contributed by atoms with E-state index in [1.165, 1.54) is 6.92 Å². The maximum Gasteiger partial charge on any atom is 0.315 e. The first-order chi connectivity index (χ1) is 6.79. The summed E-state index contributed by atoms with van der Waals surface area (Å²) in [6.45, 7) is 6.95. The van der Waals surface area contributed by atoms with E-state index in [9.17, 15) is 14.4 Å². The maximum atomic E-state index is 11.3. The Kier molecular flexibility index (Phi) is 4.97. The monoisotopic (exact) mass is 214 g/mol. The molecule has 0 heterocycles. The molecule has 1 unspecified atom stereocenters. The molecule has 0 aliphatic heterocycles. The van der Waals surface area contributed by atoms with Gasteiger partial charge >= 0.3 is 6.03 Å². The van der Waals surface area contributed by atoms with Gasteiger partial charge < -0.3 is 15.4 Å². The largest absolute Gasteiger partial charge is 0.331 e. The molecule has 86 valence electrons. The van der Waals surface area contributed by atoms with Crippen molar-refractivity contribution in [2.75, 3.05) is 6.54 Å². The third-order valence-electron chi connectivity index (χ3n) is 1.89. The molecule has 15 heavy (non-hydrogen) atoms. The smallest absolute Gasteiger partial charge is 0.315 e. The Balaban J connectivity index is 4.37. The van der Waals surface area contributed by atoms with Gasteiger partial charge in [-0.15, -0.1) is 0 Å². The topological polar surface area (TPSA) is 75.3 Å². The summed E-state index contributed by atoms with van der Waals surface area (Å²) in [5.41, 5.74) is -0.343. The Morgan fingerprint density at radius 3 is 2.20 bits per heavy atom. The molecule has 0 saturated carbocycles. The lowest BCUT2D eigenvalue weighted by Crippen LogP contribution is -2.51. The third-order valence-corrected chi connectivity index (χ3v) is 1.89. The summed E-state index contributed by atoms with van der Waals surface area (Å²) in [6, 6.07) is -1.05. The van der Waals surface area contributed by atoms with Crippen molar-refractivity contribution in [1.82, 2.24) is 10.6 Å². The van der Waals surface area contributed by atoms with E-state index in [4.69, 9.17) is 0 Å². The fourth-order valence-corrected chi connectivity index (χ4v) is 1.24. The average Bonchev–Trinajstić information content (AvgIpc) is 2.08. The van der Waals surface area contributed by atoms with Gasteiger partial charge in [-0.3, -0.25) is 4.79 Å². The molecule has 0 aliphatic carbocycles. The first-order valence-corrected chi connectivity index (χ1v) is 4.77. The fraction of sp³-hybridized carbons (Fsp3) is 0.700. The molecule has 1 atom stereocenters. The van der Waals surface area contributed by atoms with Crippen LogP contribution in [0.4, 0.5) is 4.79 Å². The molecule has 5 heteroatoms. The van der Waals surface area contributed by atoms with Gasteiger partial charge in [0.2, 0.25) is 0 Å². The molecule has 5 nitrogen and oxygen atoms in total. The molecule has 0 aromatic heterocycles. The number of aldehydes is 1. The minimum absolute atomic E-state index is 0.0550. The van der Waals surface area contributed by atoms with Crippen molar-refractivity contribution in [2.45, 2.75) is 33.7 Å². The zero-order chi connectivity index (χ0) is 12.1. The standard InChI is InChI=1S/C10H18N2O3/c1-7(14)8(10(2,3)4)12-9(15)11-5-6-13/h6,8H,5H2,1-4H3,(H2,11,12,15). The van der Waals surface area contributed by atoms with Crippen molar-refractivity contribution < 1.29 is 14.4 Å². The number of carbonyl (C=O) groups is 3. The van der Waals surface area contributed by atoms with Crippen LogP contribution < -0.4 is 10.6 Å². The van der Waals surface area contributed by atoms with E-state index in [1.54, 1.807) is 0 Å². The Labute approximate surface area is 89.6 Å². The Bertz CT molecular complexity index is 256. The normalized spacial score (nSPS) is 12.8. The first-order valence-electron chi connectivity index (χ1n) is 4.77. The second-order valence-electron chi connectivity index (χ2n) is 4.43. The third kappa shape index (κ3) is 5.15. The molecule has 0 aliphatic rings. The fourth-order valence-electron chi connectivity index (χ4n) is 1.24. The lowest BCUT2D eigenvalue weighted by atomic mass is 9.84. The SMILES string of the molecule is CC(=O)C(NC(=O)NCC=O)C(C)(C)C. The number of amides is 2. The summed E-state index contributed by atoms with van der Waals surface area (Å²) >= 11 is 0. The molecule has 0 spiro atoms. The lowest BCUT2D eigenvalue weighted by molar-refractivity contribution is -0.121. The summed E-state index contributed by atoms with van der Waals surface area (Å²) in [4.78, 5) is 32.5. The molecular formula is C10H18N2O3. The van der Waals surface area contributed by atoms with Gasteiger partial charge in [0.15, 0.2) is 5.78 Å². The first kappa shape index (κ1) is 13.6. The molecule has 0 radical (unpaired) electrons. The van der Waals surface area contributed by atoms with Crippen LogP contribution in [-0.2, 0) is 9.59 Å². The van der Waals surface area contributed by atoms with Gasteiger partial charge in [-0.1, -0.05) is 20.8 Å². The van der Waals surface area contributed by atoms with Crippen molar-refractivity contribution in [3.05, 3.63) is 0 Å². The van der Waals surface area contributed by atoms with E-state index in [0.29, 0.717) is 6.29 Å². The molecular weight excluding hydrogens is 196 g/mol. The molecule has 2 N–H and O–H groups in total. The number of hydrogen-bond acceptors (Lipinski definition) is 3. The number of carbonyl (C=O) groups excluding carboxylic acids is 3. The predicted octanol–water partition coefficient (Wildman–Crippen LogP) is 0.488. The molecule has 0 saturated heterocycles. The van der Waals surface area contributed by atoms with Crippen LogP contribution in [0.25, 0.3) is 0 Å². The van der Waals surface area contributed by atoms with Crippen LogP contribution in [0.3, 0.4) is 0 Å². The van der Waals surface area contributed by atoms with Crippen LogP contribution in [0.5, 0.6) is 0 Å². The summed E-state index contributed by atoms with van der Waals surface area (Å²) < 4.78 is 0. The molecule has 2 amide bonds. The lowest BCUT2D eigenvalue weighted by Gasteiger charge is -2.29. The number of hydrogen-bond donors (Lipinski definition) is 2. The molecule has 0 aromatic rings.